The fourth-order valence-electron chi connectivity index (χ4n) is 3.21. The Morgan fingerprint density at radius 2 is 1.85 bits per heavy atom. The van der Waals surface area contributed by atoms with Gasteiger partial charge in [0.2, 0.25) is 5.91 Å². The molecule has 0 unspecified atom stereocenters. The van der Waals surface area contributed by atoms with E-state index >= 15 is 0 Å². The quantitative estimate of drug-likeness (QED) is 0.812. The molecule has 0 aromatic heterocycles. The molecule has 1 heterocycles. The molecule has 5 nitrogen and oxygen atoms in total. The number of benzene rings is 2. The summed E-state index contributed by atoms with van der Waals surface area (Å²) in [4.78, 5) is 16.6. The van der Waals surface area contributed by atoms with E-state index in [1.165, 1.54) is 23.4 Å². The second-order valence-electron chi connectivity index (χ2n) is 6.80. The summed E-state index contributed by atoms with van der Waals surface area (Å²) >= 11 is 0. The number of carbonyl (C=O) groups excluding carboxylic acids is 1. The van der Waals surface area contributed by atoms with Gasteiger partial charge in [0.1, 0.15) is 5.82 Å². The zero-order chi connectivity index (χ0) is 19.1. The maximum absolute atomic E-state index is 12.9. The summed E-state index contributed by atoms with van der Waals surface area (Å²) in [7, 11) is 1.94. The van der Waals surface area contributed by atoms with Crippen LogP contribution in [0.3, 0.4) is 0 Å². The molecule has 6 heteroatoms. The zero-order valence-electron chi connectivity index (χ0n) is 15.7. The molecule has 0 radical (unpaired) electrons. The van der Waals surface area contributed by atoms with Gasteiger partial charge in [0.25, 0.3) is 0 Å². The van der Waals surface area contributed by atoms with Gasteiger partial charge in [-0.1, -0.05) is 30.3 Å². The Kier molecular flexibility index (Phi) is 6.79. The van der Waals surface area contributed by atoms with Crippen molar-refractivity contribution < 1.29 is 13.9 Å². The lowest BCUT2D eigenvalue weighted by Crippen LogP contribution is -2.38. The number of carbonyl (C=O) groups is 1. The highest BCUT2D eigenvalue weighted by molar-refractivity contribution is 5.78. The largest absolute Gasteiger partial charge is 0.378 e. The lowest BCUT2D eigenvalue weighted by atomic mass is 10.1. The number of ether oxygens (including phenoxy) is 1. The van der Waals surface area contributed by atoms with Crippen molar-refractivity contribution in [2.75, 3.05) is 44.8 Å². The number of hydrogen-bond acceptors (Lipinski definition) is 4. The second-order valence-corrected chi connectivity index (χ2v) is 6.80. The van der Waals surface area contributed by atoms with Gasteiger partial charge in [0, 0.05) is 31.9 Å². The van der Waals surface area contributed by atoms with E-state index in [9.17, 15) is 9.18 Å². The van der Waals surface area contributed by atoms with Crippen LogP contribution in [0.4, 0.5) is 10.1 Å². The van der Waals surface area contributed by atoms with E-state index < -0.39 is 0 Å². The number of rotatable bonds is 7. The molecule has 1 aliphatic heterocycles. The third-order valence-corrected chi connectivity index (χ3v) is 4.60. The van der Waals surface area contributed by atoms with Gasteiger partial charge < -0.3 is 15.0 Å². The van der Waals surface area contributed by atoms with Crippen molar-refractivity contribution in [3.05, 3.63) is 65.5 Å². The number of anilines is 1. The van der Waals surface area contributed by atoms with Gasteiger partial charge >= 0.3 is 0 Å². The first kappa shape index (κ1) is 19.3. The van der Waals surface area contributed by atoms with Crippen LogP contribution < -0.4 is 10.2 Å². The average molecular weight is 371 g/mol. The van der Waals surface area contributed by atoms with E-state index in [1.807, 2.05) is 24.1 Å². The Labute approximate surface area is 159 Å². The van der Waals surface area contributed by atoms with Crippen molar-refractivity contribution in [1.82, 2.24) is 10.2 Å². The van der Waals surface area contributed by atoms with Crippen molar-refractivity contribution in [1.29, 1.82) is 0 Å². The Bertz CT molecular complexity index is 745. The number of likely N-dealkylation sites (N-methyl/N-ethyl adjacent to an activating group) is 1. The van der Waals surface area contributed by atoms with Crippen LogP contribution in [-0.4, -0.2) is 50.7 Å². The summed E-state index contributed by atoms with van der Waals surface area (Å²) in [5, 5.41) is 2.88. The van der Waals surface area contributed by atoms with Gasteiger partial charge in [0.05, 0.1) is 19.8 Å². The van der Waals surface area contributed by atoms with Gasteiger partial charge in [-0.3, -0.25) is 9.69 Å². The summed E-state index contributed by atoms with van der Waals surface area (Å²) in [5.41, 5.74) is 3.29. The molecular weight excluding hydrogens is 345 g/mol. The van der Waals surface area contributed by atoms with E-state index in [2.05, 4.69) is 22.3 Å². The summed E-state index contributed by atoms with van der Waals surface area (Å²) in [5.74, 6) is -0.325. The predicted octanol–water partition coefficient (Wildman–Crippen LogP) is 2.41. The highest BCUT2D eigenvalue weighted by Crippen LogP contribution is 2.22. The van der Waals surface area contributed by atoms with Gasteiger partial charge in [-0.25, -0.2) is 4.39 Å². The van der Waals surface area contributed by atoms with Crippen molar-refractivity contribution in [3.63, 3.8) is 0 Å². The fourth-order valence-corrected chi connectivity index (χ4v) is 3.21. The van der Waals surface area contributed by atoms with Crippen LogP contribution in [0.15, 0.2) is 48.5 Å². The van der Waals surface area contributed by atoms with Crippen LogP contribution in [0, 0.1) is 5.82 Å². The fraction of sp³-hybridized carbons (Fsp3) is 0.381. The van der Waals surface area contributed by atoms with Crippen LogP contribution in [-0.2, 0) is 22.6 Å². The number of nitrogens with one attached hydrogen (secondary N) is 1. The summed E-state index contributed by atoms with van der Waals surface area (Å²) in [6.45, 7) is 4.66. The Balaban J connectivity index is 1.52. The van der Waals surface area contributed by atoms with Crippen molar-refractivity contribution in [2.45, 2.75) is 13.1 Å². The Morgan fingerprint density at radius 1 is 1.15 bits per heavy atom. The Morgan fingerprint density at radius 3 is 2.59 bits per heavy atom. The van der Waals surface area contributed by atoms with Crippen LogP contribution in [0.25, 0.3) is 0 Å². The highest BCUT2D eigenvalue weighted by Gasteiger charge is 2.16. The van der Waals surface area contributed by atoms with Gasteiger partial charge in [-0.2, -0.15) is 0 Å². The van der Waals surface area contributed by atoms with Crippen molar-refractivity contribution in [3.8, 4) is 0 Å². The topological polar surface area (TPSA) is 44.8 Å². The van der Waals surface area contributed by atoms with E-state index in [-0.39, 0.29) is 11.7 Å². The third kappa shape index (κ3) is 5.77. The van der Waals surface area contributed by atoms with Gasteiger partial charge in [-0.05, 0) is 36.4 Å². The second kappa shape index (κ2) is 9.48. The molecule has 0 atom stereocenters. The van der Waals surface area contributed by atoms with E-state index in [1.54, 1.807) is 12.1 Å². The third-order valence-electron chi connectivity index (χ3n) is 4.60. The van der Waals surface area contributed by atoms with Gasteiger partial charge in [0.15, 0.2) is 0 Å². The molecule has 2 aromatic rings. The predicted molar refractivity (Wildman–Crippen MR) is 104 cm³/mol. The first-order valence-electron chi connectivity index (χ1n) is 9.22. The molecule has 0 saturated carbocycles. The van der Waals surface area contributed by atoms with Gasteiger partial charge in [-0.15, -0.1) is 0 Å². The molecule has 2 aromatic carbocycles. The maximum atomic E-state index is 12.9. The first-order chi connectivity index (χ1) is 13.1. The number of nitrogens with zero attached hydrogens (tertiary/aromatic N) is 2. The minimum atomic E-state index is -0.274. The minimum Gasteiger partial charge on any atom is -0.378 e. The average Bonchev–Trinajstić information content (AvgIpc) is 2.68. The van der Waals surface area contributed by atoms with Crippen LogP contribution in [0.2, 0.25) is 0 Å². The summed E-state index contributed by atoms with van der Waals surface area (Å²) in [6, 6.07) is 14.5. The molecule has 1 amide bonds. The molecule has 1 fully saturated rings. The van der Waals surface area contributed by atoms with Crippen LogP contribution in [0.5, 0.6) is 0 Å². The number of morpholine rings is 1. The number of amides is 1. The lowest BCUT2D eigenvalue weighted by Gasteiger charge is -2.31. The van der Waals surface area contributed by atoms with Crippen molar-refractivity contribution in [2.24, 2.45) is 0 Å². The van der Waals surface area contributed by atoms with Crippen LogP contribution in [0.1, 0.15) is 11.1 Å². The number of hydrogen-bond donors (Lipinski definition) is 1. The minimum absolute atomic E-state index is 0.0503. The summed E-state index contributed by atoms with van der Waals surface area (Å²) in [6.07, 6.45) is 0. The molecular formula is C21H26FN3O2. The standard InChI is InChI=1S/C21H26FN3O2/c1-24(16-21(26)23-14-17-6-8-19(22)9-7-17)15-18-4-2-3-5-20(18)25-10-12-27-13-11-25/h2-9H,10-16H2,1H3,(H,23,26). The van der Waals surface area contributed by atoms with E-state index in [0.717, 1.165) is 31.9 Å². The number of para-hydroxylation sites is 1. The molecule has 0 aliphatic carbocycles. The summed E-state index contributed by atoms with van der Waals surface area (Å²) < 4.78 is 18.4. The number of halogens is 1. The smallest absolute Gasteiger partial charge is 0.234 e. The Hall–Kier alpha value is -2.44. The van der Waals surface area contributed by atoms with Crippen LogP contribution >= 0.6 is 0 Å². The van der Waals surface area contributed by atoms with E-state index in [0.29, 0.717) is 19.6 Å². The molecule has 1 aliphatic rings. The molecule has 3 rings (SSSR count). The molecule has 1 N–H and O–H groups in total. The highest BCUT2D eigenvalue weighted by atomic mass is 19.1. The molecule has 0 spiro atoms. The monoisotopic (exact) mass is 371 g/mol. The first-order valence-corrected chi connectivity index (χ1v) is 9.22. The zero-order valence-corrected chi connectivity index (χ0v) is 15.7. The maximum Gasteiger partial charge on any atom is 0.234 e. The molecule has 1 saturated heterocycles. The molecule has 0 bridgehead atoms. The molecule has 144 valence electrons. The normalized spacial score (nSPS) is 14.4. The van der Waals surface area contributed by atoms with Crippen molar-refractivity contribution >= 4 is 11.6 Å². The van der Waals surface area contributed by atoms with E-state index in [4.69, 9.17) is 4.74 Å². The lowest BCUT2D eigenvalue weighted by molar-refractivity contribution is -0.122. The SMILES string of the molecule is CN(CC(=O)NCc1ccc(F)cc1)Cc1ccccc1N1CCOCC1. The molecule has 27 heavy (non-hydrogen) atoms.